The zero-order valence-electron chi connectivity index (χ0n) is 14.0. The summed E-state index contributed by atoms with van der Waals surface area (Å²) in [6, 6.07) is 0. The molecule has 0 unspecified atom stereocenters. The molecule has 0 amide bonds. The average Bonchev–Trinajstić information content (AvgIpc) is 2.55. The first kappa shape index (κ1) is 19.1. The van der Waals surface area contributed by atoms with Crippen LogP contribution in [-0.2, 0) is 19.1 Å². The fourth-order valence-corrected chi connectivity index (χ4v) is 3.33. The van der Waals surface area contributed by atoms with Gasteiger partial charge in [0.05, 0.1) is 0 Å². The number of ether oxygens (including phenoxy) is 2. The highest BCUT2D eigenvalue weighted by Crippen LogP contribution is 2.30. The number of hydrogen-bond acceptors (Lipinski definition) is 6. The molecule has 0 saturated carbocycles. The van der Waals surface area contributed by atoms with Crippen LogP contribution in [0.4, 0.5) is 0 Å². The van der Waals surface area contributed by atoms with Crippen molar-refractivity contribution in [3.63, 3.8) is 0 Å². The lowest BCUT2D eigenvalue weighted by Gasteiger charge is -2.45. The van der Waals surface area contributed by atoms with Crippen LogP contribution in [-0.4, -0.2) is 72.7 Å². The van der Waals surface area contributed by atoms with E-state index in [9.17, 15) is 0 Å². The Kier molecular flexibility index (Phi) is 6.97. The Balaban J connectivity index is 0.000000134. The van der Waals surface area contributed by atoms with Crippen molar-refractivity contribution in [2.45, 2.75) is 49.6 Å². The monoisotopic (exact) mass is 344 g/mol. The van der Waals surface area contributed by atoms with Crippen LogP contribution in [0, 0.1) is 0 Å². The van der Waals surface area contributed by atoms with Gasteiger partial charge in [0.2, 0.25) is 0 Å². The van der Waals surface area contributed by atoms with E-state index in [0.717, 1.165) is 26.4 Å². The van der Waals surface area contributed by atoms with Crippen molar-refractivity contribution in [1.82, 2.24) is 10.6 Å². The lowest BCUT2D eigenvalue weighted by Crippen LogP contribution is -2.59. The number of carboxylic acids is 2. The fourth-order valence-electron chi connectivity index (χ4n) is 3.33. The van der Waals surface area contributed by atoms with E-state index >= 15 is 0 Å². The molecular weight excluding hydrogens is 316 g/mol. The average molecular weight is 344 g/mol. The Hall–Kier alpha value is -1.22. The van der Waals surface area contributed by atoms with E-state index in [1.54, 1.807) is 0 Å². The smallest absolute Gasteiger partial charge is 0.414 e. The van der Waals surface area contributed by atoms with E-state index in [4.69, 9.17) is 29.3 Å². The van der Waals surface area contributed by atoms with Crippen molar-refractivity contribution < 1.29 is 29.3 Å². The van der Waals surface area contributed by atoms with Crippen molar-refractivity contribution in [1.29, 1.82) is 0 Å². The second-order valence-corrected chi connectivity index (χ2v) is 6.75. The molecule has 0 atom stereocenters. The summed E-state index contributed by atoms with van der Waals surface area (Å²) in [5.74, 6) is -3.65. The van der Waals surface area contributed by atoms with E-state index in [-0.39, 0.29) is 0 Å². The van der Waals surface area contributed by atoms with E-state index in [1.165, 1.54) is 51.6 Å². The minimum Gasteiger partial charge on any atom is -0.473 e. The highest BCUT2D eigenvalue weighted by atomic mass is 16.5. The topological polar surface area (TPSA) is 117 Å². The first-order valence-electron chi connectivity index (χ1n) is 8.59. The minimum absolute atomic E-state index is 0.526. The molecule has 0 aromatic rings. The molecule has 4 heterocycles. The van der Waals surface area contributed by atoms with Crippen molar-refractivity contribution >= 4 is 11.9 Å². The normalized spacial score (nSPS) is 25.8. The largest absolute Gasteiger partial charge is 0.473 e. The van der Waals surface area contributed by atoms with E-state index < -0.39 is 11.9 Å². The van der Waals surface area contributed by atoms with E-state index in [2.05, 4.69) is 10.6 Å². The minimum atomic E-state index is -1.82. The van der Waals surface area contributed by atoms with Crippen LogP contribution in [0.2, 0.25) is 0 Å². The maximum atomic E-state index is 9.10. The highest BCUT2D eigenvalue weighted by Gasteiger charge is 2.38. The molecule has 0 aromatic heterocycles. The van der Waals surface area contributed by atoms with Crippen LogP contribution in [0.1, 0.15) is 38.5 Å². The second kappa shape index (κ2) is 8.75. The van der Waals surface area contributed by atoms with Crippen LogP contribution in [0.25, 0.3) is 0 Å². The Morgan fingerprint density at radius 2 is 0.958 bits per heavy atom. The van der Waals surface area contributed by atoms with Crippen LogP contribution < -0.4 is 10.6 Å². The first-order valence-corrected chi connectivity index (χ1v) is 8.59. The number of carbonyl (C=O) groups is 2. The summed E-state index contributed by atoms with van der Waals surface area (Å²) in [7, 11) is 0. The predicted octanol–water partition coefficient (Wildman–Crippen LogP) is 0.213. The fraction of sp³-hybridized carbons (Fsp3) is 0.875. The van der Waals surface area contributed by atoms with Gasteiger partial charge in [0.15, 0.2) is 0 Å². The van der Waals surface area contributed by atoms with Crippen LogP contribution in [0.3, 0.4) is 0 Å². The van der Waals surface area contributed by atoms with Crippen molar-refractivity contribution in [2.24, 2.45) is 0 Å². The molecule has 138 valence electrons. The summed E-state index contributed by atoms with van der Waals surface area (Å²) in [5, 5.41) is 21.7. The van der Waals surface area contributed by atoms with E-state index in [1.807, 2.05) is 0 Å². The molecular formula is C16H28N2O6. The Labute approximate surface area is 141 Å². The lowest BCUT2D eigenvalue weighted by atomic mass is 9.81. The third kappa shape index (κ3) is 5.41. The summed E-state index contributed by atoms with van der Waals surface area (Å²) in [4.78, 5) is 18.2. The molecule has 4 N–H and O–H groups in total. The van der Waals surface area contributed by atoms with Gasteiger partial charge in [-0.2, -0.15) is 0 Å². The van der Waals surface area contributed by atoms with Gasteiger partial charge in [-0.3, -0.25) is 0 Å². The van der Waals surface area contributed by atoms with Crippen LogP contribution in [0.15, 0.2) is 0 Å². The standard InChI is InChI=1S/2C7H13NO.C2H2O4/c2*1-4-8-7(1)2-5-9-6-3-7;3-1(4)2(5)6/h2*8H,1-6H2;(H,3,4)(H,5,6). The van der Waals surface area contributed by atoms with Crippen molar-refractivity contribution in [2.75, 3.05) is 39.5 Å². The zero-order valence-corrected chi connectivity index (χ0v) is 14.0. The lowest BCUT2D eigenvalue weighted by molar-refractivity contribution is -0.159. The molecule has 0 aliphatic carbocycles. The van der Waals surface area contributed by atoms with E-state index in [0.29, 0.717) is 11.1 Å². The molecule has 8 heteroatoms. The Bertz CT molecular complexity index is 378. The highest BCUT2D eigenvalue weighted by molar-refractivity contribution is 6.27. The number of carboxylic acid groups (broad SMARTS) is 2. The van der Waals surface area contributed by atoms with Gasteiger partial charge >= 0.3 is 11.9 Å². The maximum Gasteiger partial charge on any atom is 0.414 e. The number of hydrogen-bond donors (Lipinski definition) is 4. The Morgan fingerprint density at radius 1 is 0.667 bits per heavy atom. The van der Waals surface area contributed by atoms with Crippen molar-refractivity contribution in [3.05, 3.63) is 0 Å². The summed E-state index contributed by atoms with van der Waals surface area (Å²) in [5.41, 5.74) is 1.05. The number of nitrogens with one attached hydrogen (secondary N) is 2. The molecule has 24 heavy (non-hydrogen) atoms. The second-order valence-electron chi connectivity index (χ2n) is 6.75. The molecule has 0 radical (unpaired) electrons. The molecule has 4 saturated heterocycles. The van der Waals surface area contributed by atoms with Gasteiger partial charge in [0.25, 0.3) is 0 Å². The zero-order chi connectivity index (χ0) is 17.5. The van der Waals surface area contributed by atoms with Gasteiger partial charge in [0, 0.05) is 37.5 Å². The molecule has 4 rings (SSSR count). The number of rotatable bonds is 0. The van der Waals surface area contributed by atoms with Gasteiger partial charge in [-0.1, -0.05) is 0 Å². The Morgan fingerprint density at radius 3 is 1.08 bits per heavy atom. The van der Waals surface area contributed by atoms with Gasteiger partial charge in [-0.05, 0) is 51.6 Å². The molecule has 0 aromatic carbocycles. The van der Waals surface area contributed by atoms with Gasteiger partial charge < -0.3 is 30.3 Å². The summed E-state index contributed by atoms with van der Waals surface area (Å²) in [6.45, 7) is 6.31. The quantitative estimate of drug-likeness (QED) is 0.461. The molecule has 4 aliphatic heterocycles. The summed E-state index contributed by atoms with van der Waals surface area (Å²) >= 11 is 0. The maximum absolute atomic E-state index is 9.10. The van der Waals surface area contributed by atoms with Gasteiger partial charge in [-0.15, -0.1) is 0 Å². The molecule has 2 spiro atoms. The van der Waals surface area contributed by atoms with Crippen LogP contribution >= 0.6 is 0 Å². The SMILES string of the molecule is C1CC2(CCOCC2)N1.C1CC2(CCOCC2)N1.O=C(O)C(=O)O. The predicted molar refractivity (Wildman–Crippen MR) is 86.1 cm³/mol. The molecule has 4 aliphatic rings. The first-order chi connectivity index (χ1) is 11.5. The third-order valence-corrected chi connectivity index (χ3v) is 5.29. The van der Waals surface area contributed by atoms with Crippen molar-refractivity contribution in [3.8, 4) is 0 Å². The molecule has 4 fully saturated rings. The summed E-state index contributed by atoms with van der Waals surface area (Å²) < 4.78 is 10.5. The summed E-state index contributed by atoms with van der Waals surface area (Å²) in [6.07, 6.45) is 7.66. The molecule has 0 bridgehead atoms. The van der Waals surface area contributed by atoms with Gasteiger partial charge in [-0.25, -0.2) is 9.59 Å². The third-order valence-electron chi connectivity index (χ3n) is 5.29. The number of aliphatic carboxylic acids is 2. The van der Waals surface area contributed by atoms with Gasteiger partial charge in [0.1, 0.15) is 0 Å². The molecule has 8 nitrogen and oxygen atoms in total. The van der Waals surface area contributed by atoms with Crippen LogP contribution in [0.5, 0.6) is 0 Å².